The third-order valence-corrected chi connectivity index (χ3v) is 3.26. The molecule has 0 aliphatic carbocycles. The van der Waals surface area contributed by atoms with Gasteiger partial charge in [0.25, 0.3) is 0 Å². The minimum absolute atomic E-state index is 0.0861. The number of hydrogen-bond donors (Lipinski definition) is 2. The Labute approximate surface area is 117 Å². The lowest BCUT2D eigenvalue weighted by Crippen LogP contribution is -2.06. The SMILES string of the molecule is Cc1ccc2c(c1)nc(Nc1ccccc1)n2CCO. The van der Waals surface area contributed by atoms with Crippen LogP contribution in [0.15, 0.2) is 48.5 Å². The molecule has 4 nitrogen and oxygen atoms in total. The van der Waals surface area contributed by atoms with Gasteiger partial charge in [-0.3, -0.25) is 0 Å². The number of aromatic nitrogens is 2. The number of hydrogen-bond acceptors (Lipinski definition) is 3. The van der Waals surface area contributed by atoms with Crippen LogP contribution in [0.1, 0.15) is 5.56 Å². The highest BCUT2D eigenvalue weighted by Crippen LogP contribution is 2.23. The largest absolute Gasteiger partial charge is 0.395 e. The number of fused-ring (bicyclic) bond motifs is 1. The molecule has 3 rings (SSSR count). The standard InChI is InChI=1S/C16H17N3O/c1-12-7-8-15-14(11-12)18-16(19(15)9-10-20)17-13-5-3-2-4-6-13/h2-8,11,20H,9-10H2,1H3,(H,17,18). The van der Waals surface area contributed by atoms with Gasteiger partial charge in [0, 0.05) is 12.2 Å². The van der Waals surface area contributed by atoms with E-state index in [0.717, 1.165) is 22.7 Å². The lowest BCUT2D eigenvalue weighted by Gasteiger charge is -2.09. The molecule has 0 radical (unpaired) electrons. The summed E-state index contributed by atoms with van der Waals surface area (Å²) in [6.45, 7) is 2.66. The van der Waals surface area contributed by atoms with Crippen LogP contribution in [0.2, 0.25) is 0 Å². The van der Waals surface area contributed by atoms with E-state index in [4.69, 9.17) is 0 Å². The fourth-order valence-corrected chi connectivity index (χ4v) is 2.31. The van der Waals surface area contributed by atoms with Crippen LogP contribution in [0.5, 0.6) is 0 Å². The summed E-state index contributed by atoms with van der Waals surface area (Å²) in [7, 11) is 0. The van der Waals surface area contributed by atoms with E-state index in [1.165, 1.54) is 5.56 Å². The van der Waals surface area contributed by atoms with Crippen molar-refractivity contribution in [3.8, 4) is 0 Å². The number of rotatable bonds is 4. The van der Waals surface area contributed by atoms with Crippen LogP contribution in [-0.4, -0.2) is 21.3 Å². The van der Waals surface area contributed by atoms with Crippen LogP contribution in [0.25, 0.3) is 11.0 Å². The van der Waals surface area contributed by atoms with Gasteiger partial charge >= 0.3 is 0 Å². The van der Waals surface area contributed by atoms with Crippen LogP contribution >= 0.6 is 0 Å². The van der Waals surface area contributed by atoms with E-state index >= 15 is 0 Å². The van der Waals surface area contributed by atoms with Crippen LogP contribution in [-0.2, 0) is 6.54 Å². The molecular weight excluding hydrogens is 250 g/mol. The average Bonchev–Trinajstić information content (AvgIpc) is 2.77. The number of aryl methyl sites for hydroxylation is 1. The molecule has 0 aliphatic heterocycles. The van der Waals surface area contributed by atoms with Gasteiger partial charge in [-0.25, -0.2) is 4.98 Å². The molecule has 0 fully saturated rings. The first kappa shape index (κ1) is 12.7. The molecule has 102 valence electrons. The van der Waals surface area contributed by atoms with E-state index in [2.05, 4.69) is 29.4 Å². The molecule has 0 saturated heterocycles. The third-order valence-electron chi connectivity index (χ3n) is 3.26. The van der Waals surface area contributed by atoms with Gasteiger partial charge in [-0.1, -0.05) is 24.3 Å². The average molecular weight is 267 g/mol. The zero-order valence-electron chi connectivity index (χ0n) is 11.4. The minimum atomic E-state index is 0.0861. The molecule has 2 aromatic carbocycles. The Bertz CT molecular complexity index is 719. The molecule has 0 bridgehead atoms. The molecule has 20 heavy (non-hydrogen) atoms. The number of nitrogens with zero attached hydrogens (tertiary/aromatic N) is 2. The number of anilines is 2. The Morgan fingerprint density at radius 2 is 1.95 bits per heavy atom. The summed E-state index contributed by atoms with van der Waals surface area (Å²) in [5.41, 5.74) is 4.14. The van der Waals surface area contributed by atoms with Crippen LogP contribution in [0.3, 0.4) is 0 Å². The van der Waals surface area contributed by atoms with E-state index in [9.17, 15) is 5.11 Å². The van der Waals surface area contributed by atoms with Crippen molar-refractivity contribution in [3.05, 3.63) is 54.1 Å². The zero-order chi connectivity index (χ0) is 13.9. The third kappa shape index (κ3) is 2.38. The van der Waals surface area contributed by atoms with Crippen molar-refractivity contribution >= 4 is 22.7 Å². The monoisotopic (exact) mass is 267 g/mol. The molecule has 0 saturated carbocycles. The Kier molecular flexibility index (Phi) is 3.39. The molecule has 1 heterocycles. The first-order chi connectivity index (χ1) is 9.78. The van der Waals surface area contributed by atoms with Crippen LogP contribution in [0.4, 0.5) is 11.6 Å². The Morgan fingerprint density at radius 1 is 1.15 bits per heavy atom. The molecule has 0 atom stereocenters. The first-order valence-corrected chi connectivity index (χ1v) is 6.68. The topological polar surface area (TPSA) is 50.1 Å². The van der Waals surface area contributed by atoms with Crippen LogP contribution in [0, 0.1) is 6.92 Å². The van der Waals surface area contributed by atoms with Gasteiger partial charge in [0.1, 0.15) is 0 Å². The lowest BCUT2D eigenvalue weighted by molar-refractivity contribution is 0.278. The molecule has 0 spiro atoms. The smallest absolute Gasteiger partial charge is 0.208 e. The predicted octanol–water partition coefficient (Wildman–Crippen LogP) is 3.08. The van der Waals surface area contributed by atoms with Crippen molar-refractivity contribution in [2.75, 3.05) is 11.9 Å². The van der Waals surface area contributed by atoms with Gasteiger partial charge in [0.15, 0.2) is 0 Å². The Balaban J connectivity index is 2.06. The summed E-state index contributed by atoms with van der Waals surface area (Å²) in [5, 5.41) is 12.6. The second-order valence-electron chi connectivity index (χ2n) is 4.79. The summed E-state index contributed by atoms with van der Waals surface area (Å²) in [4.78, 5) is 4.63. The fourth-order valence-electron chi connectivity index (χ4n) is 2.31. The number of benzene rings is 2. The van der Waals surface area contributed by atoms with Crippen molar-refractivity contribution in [1.29, 1.82) is 0 Å². The van der Waals surface area contributed by atoms with Crippen LogP contribution < -0.4 is 5.32 Å². The molecular formula is C16H17N3O. The van der Waals surface area contributed by atoms with E-state index in [1.54, 1.807) is 0 Å². The maximum atomic E-state index is 9.27. The zero-order valence-corrected chi connectivity index (χ0v) is 11.4. The van der Waals surface area contributed by atoms with Gasteiger partial charge in [-0.2, -0.15) is 0 Å². The van der Waals surface area contributed by atoms with E-state index < -0.39 is 0 Å². The van der Waals surface area contributed by atoms with Gasteiger partial charge in [0.2, 0.25) is 5.95 Å². The van der Waals surface area contributed by atoms with Crippen molar-refractivity contribution in [2.45, 2.75) is 13.5 Å². The second kappa shape index (κ2) is 5.35. The summed E-state index contributed by atoms with van der Waals surface area (Å²) in [6, 6.07) is 16.1. The highest BCUT2D eigenvalue weighted by atomic mass is 16.3. The molecule has 0 aliphatic rings. The maximum Gasteiger partial charge on any atom is 0.208 e. The van der Waals surface area contributed by atoms with Crippen molar-refractivity contribution < 1.29 is 5.11 Å². The second-order valence-corrected chi connectivity index (χ2v) is 4.79. The predicted molar refractivity (Wildman–Crippen MR) is 81.3 cm³/mol. The van der Waals surface area contributed by atoms with Crippen molar-refractivity contribution in [2.24, 2.45) is 0 Å². The van der Waals surface area contributed by atoms with Gasteiger partial charge < -0.3 is 15.0 Å². The molecule has 4 heteroatoms. The maximum absolute atomic E-state index is 9.27. The fraction of sp³-hybridized carbons (Fsp3) is 0.188. The van der Waals surface area contributed by atoms with Gasteiger partial charge in [-0.05, 0) is 36.8 Å². The number of para-hydroxylation sites is 1. The number of nitrogens with one attached hydrogen (secondary N) is 1. The molecule has 2 N–H and O–H groups in total. The number of aliphatic hydroxyl groups is 1. The van der Waals surface area contributed by atoms with Gasteiger partial charge in [-0.15, -0.1) is 0 Å². The molecule has 0 unspecified atom stereocenters. The summed E-state index contributed by atoms with van der Waals surface area (Å²) >= 11 is 0. The highest BCUT2D eigenvalue weighted by Gasteiger charge is 2.10. The highest BCUT2D eigenvalue weighted by molar-refractivity contribution is 5.80. The molecule has 0 amide bonds. The van der Waals surface area contributed by atoms with E-state index in [0.29, 0.717) is 6.54 Å². The van der Waals surface area contributed by atoms with E-state index in [-0.39, 0.29) is 6.61 Å². The van der Waals surface area contributed by atoms with Crippen molar-refractivity contribution in [1.82, 2.24) is 9.55 Å². The Morgan fingerprint density at radius 3 is 2.70 bits per heavy atom. The lowest BCUT2D eigenvalue weighted by atomic mass is 10.2. The Hall–Kier alpha value is -2.33. The summed E-state index contributed by atoms with van der Waals surface area (Å²) < 4.78 is 2.00. The normalized spacial score (nSPS) is 10.9. The molecule has 3 aromatic rings. The minimum Gasteiger partial charge on any atom is -0.395 e. The van der Waals surface area contributed by atoms with Gasteiger partial charge in [0.05, 0.1) is 17.6 Å². The summed E-state index contributed by atoms with van der Waals surface area (Å²) in [6.07, 6.45) is 0. The quantitative estimate of drug-likeness (QED) is 0.763. The van der Waals surface area contributed by atoms with E-state index in [1.807, 2.05) is 41.0 Å². The first-order valence-electron chi connectivity index (χ1n) is 6.68. The van der Waals surface area contributed by atoms with Crippen molar-refractivity contribution in [3.63, 3.8) is 0 Å². The molecule has 1 aromatic heterocycles. The number of aliphatic hydroxyl groups excluding tert-OH is 1. The summed E-state index contributed by atoms with van der Waals surface area (Å²) in [5.74, 6) is 0.755. The number of imidazole rings is 1.